The normalized spacial score (nSPS) is 12.5. The predicted molar refractivity (Wildman–Crippen MR) is 173 cm³/mol. The van der Waals surface area contributed by atoms with Crippen LogP contribution in [0.15, 0.2) is 0 Å². The van der Waals surface area contributed by atoms with Crippen molar-refractivity contribution < 1.29 is 21.4 Å². The van der Waals surface area contributed by atoms with Crippen LogP contribution in [-0.4, -0.2) is 63.2 Å². The second-order valence-electron chi connectivity index (χ2n) is 11.8. The molecule has 0 radical (unpaired) electrons. The Morgan fingerprint density at radius 3 is 1.23 bits per heavy atom. The molecule has 0 bridgehead atoms. The molecule has 238 valence electrons. The number of halogens is 2. The molecule has 0 spiro atoms. The minimum atomic E-state index is -3.77. The summed E-state index contributed by atoms with van der Waals surface area (Å²) in [5.74, 6) is -0.525. The second-order valence-corrected chi connectivity index (χ2v) is 13.5. The first-order chi connectivity index (χ1) is 19.0. The molecule has 7 heteroatoms. The molecular formula is C33H67F2NaO3S. The van der Waals surface area contributed by atoms with E-state index in [2.05, 4.69) is 6.92 Å². The molecule has 1 atom stereocenters. The zero-order valence-corrected chi connectivity index (χ0v) is 26.7. The third kappa shape index (κ3) is 35.0. The summed E-state index contributed by atoms with van der Waals surface area (Å²) in [6, 6.07) is 0. The zero-order valence-electron chi connectivity index (χ0n) is 25.9. The summed E-state index contributed by atoms with van der Waals surface area (Å²) in [5.41, 5.74) is 0. The Hall–Kier alpha value is 0.770. The van der Waals surface area contributed by atoms with Gasteiger partial charge >= 0.3 is 29.6 Å². The van der Waals surface area contributed by atoms with E-state index in [-0.39, 0.29) is 49.3 Å². The molecule has 0 aromatic heterocycles. The van der Waals surface area contributed by atoms with Crippen molar-refractivity contribution >= 4 is 39.7 Å². The Morgan fingerprint density at radius 2 is 0.850 bits per heavy atom. The summed E-state index contributed by atoms with van der Waals surface area (Å²) in [6.45, 7) is 2.20. The number of unbranched alkanes of at least 4 members (excludes halogenated alkanes) is 25. The summed E-state index contributed by atoms with van der Waals surface area (Å²) in [4.78, 5) is 0. The van der Waals surface area contributed by atoms with E-state index < -0.39 is 22.0 Å². The summed E-state index contributed by atoms with van der Waals surface area (Å²) < 4.78 is 55.0. The Morgan fingerprint density at radius 1 is 0.525 bits per heavy atom. The summed E-state index contributed by atoms with van der Waals surface area (Å²) >= 11 is 0. The van der Waals surface area contributed by atoms with Crippen molar-refractivity contribution in [3.05, 3.63) is 0 Å². The van der Waals surface area contributed by atoms with E-state index in [1.165, 1.54) is 109 Å². The van der Waals surface area contributed by atoms with Gasteiger partial charge in [0.1, 0.15) is 11.9 Å². The molecule has 0 aliphatic carbocycles. The fourth-order valence-corrected chi connectivity index (χ4v) is 6.32. The van der Waals surface area contributed by atoms with E-state index in [1.807, 2.05) is 0 Å². The van der Waals surface area contributed by atoms with Crippen molar-refractivity contribution in [2.45, 2.75) is 193 Å². The fraction of sp³-hybridized carbons (Fsp3) is 1.00. The molecule has 0 aliphatic heterocycles. The van der Waals surface area contributed by atoms with Crippen molar-refractivity contribution in [3.8, 4) is 0 Å². The van der Waals surface area contributed by atoms with Gasteiger partial charge in [-0.3, -0.25) is 8.57 Å². The van der Waals surface area contributed by atoms with E-state index in [4.69, 9.17) is 4.18 Å². The van der Waals surface area contributed by atoms with Crippen molar-refractivity contribution in [2.24, 2.45) is 0 Å². The van der Waals surface area contributed by atoms with Gasteiger partial charge in [-0.15, -0.1) is 0 Å². The molecular weight excluding hydrogens is 537 g/mol. The van der Waals surface area contributed by atoms with E-state index in [9.17, 15) is 17.2 Å². The molecule has 1 unspecified atom stereocenters. The molecule has 0 N–H and O–H groups in total. The second kappa shape index (κ2) is 34.3. The first-order valence-electron chi connectivity index (χ1n) is 17.1. The van der Waals surface area contributed by atoms with Gasteiger partial charge in [-0.2, -0.15) is 8.42 Å². The van der Waals surface area contributed by atoms with E-state index in [1.54, 1.807) is 0 Å². The van der Waals surface area contributed by atoms with Gasteiger partial charge in [-0.25, -0.2) is 4.39 Å². The maximum atomic E-state index is 14.0. The first-order valence-corrected chi connectivity index (χ1v) is 18.7. The quantitative estimate of drug-likeness (QED) is 0.0425. The topological polar surface area (TPSA) is 43.4 Å². The molecule has 0 aromatic rings. The molecule has 0 aromatic carbocycles. The van der Waals surface area contributed by atoms with Gasteiger partial charge in [0.25, 0.3) is 10.1 Å². The molecule has 0 saturated carbocycles. The predicted octanol–water partition coefficient (Wildman–Crippen LogP) is 10.9. The molecule has 0 fully saturated rings. The van der Waals surface area contributed by atoms with E-state index >= 15 is 0 Å². The Kier molecular flexibility index (Phi) is 36.7. The van der Waals surface area contributed by atoms with Gasteiger partial charge in [0.2, 0.25) is 0 Å². The van der Waals surface area contributed by atoms with Crippen LogP contribution in [0.4, 0.5) is 8.78 Å². The van der Waals surface area contributed by atoms with E-state index in [0.29, 0.717) is 12.8 Å². The van der Waals surface area contributed by atoms with Crippen LogP contribution in [0.3, 0.4) is 0 Å². The molecule has 0 aliphatic rings. The van der Waals surface area contributed by atoms with Crippen LogP contribution < -0.4 is 0 Å². The van der Waals surface area contributed by atoms with Crippen LogP contribution in [0.2, 0.25) is 0 Å². The number of hydrogen-bond acceptors (Lipinski definition) is 3. The molecule has 0 heterocycles. The van der Waals surface area contributed by atoms with Crippen molar-refractivity contribution in [3.63, 3.8) is 0 Å². The van der Waals surface area contributed by atoms with Crippen LogP contribution in [-0.2, 0) is 14.3 Å². The van der Waals surface area contributed by atoms with Crippen LogP contribution in [0.25, 0.3) is 0 Å². The average molecular weight is 605 g/mol. The molecule has 3 nitrogen and oxygen atoms in total. The van der Waals surface area contributed by atoms with Crippen molar-refractivity contribution in [2.75, 3.05) is 19.0 Å². The molecule has 0 rings (SSSR count). The Balaban J connectivity index is 0. The monoisotopic (exact) mass is 604 g/mol. The van der Waals surface area contributed by atoms with Gasteiger partial charge in [-0.05, 0) is 19.3 Å². The maximum absolute atomic E-state index is 14.0. The molecule has 0 amide bonds. The van der Waals surface area contributed by atoms with Gasteiger partial charge in [0.05, 0.1) is 13.3 Å². The summed E-state index contributed by atoms with van der Waals surface area (Å²) in [5, 5.41) is 0. The summed E-state index contributed by atoms with van der Waals surface area (Å²) in [6.07, 6.45) is 31.3. The number of hydrogen-bond donors (Lipinski definition) is 0. The average Bonchev–Trinajstić information content (AvgIpc) is 2.90. The van der Waals surface area contributed by atoms with Crippen molar-refractivity contribution in [1.29, 1.82) is 0 Å². The standard InChI is InChI=1S/C33H66F2O3S.Na.H/c1-2-3-4-5-6-7-8-9-10-11-12-13-14-15-16-17-18-22-25-28-31-38-39(36,37)32-33(35)29-26-23-20-19-21-24-27-30-34;;/h33H,2-32H2,1H3;;. The number of rotatable bonds is 33. The van der Waals surface area contributed by atoms with Crippen LogP contribution in [0.5, 0.6) is 0 Å². The SMILES string of the molecule is CCCCCCCCCCCCCCCCCCCCCCOS(=O)(=O)CC(F)CCCCCCCCCF.[NaH]. The fourth-order valence-electron chi connectivity index (χ4n) is 5.24. The van der Waals surface area contributed by atoms with Gasteiger partial charge < -0.3 is 0 Å². The van der Waals surface area contributed by atoms with Gasteiger partial charge in [0.15, 0.2) is 0 Å². The van der Waals surface area contributed by atoms with Crippen LogP contribution in [0.1, 0.15) is 187 Å². The molecule has 0 saturated heterocycles. The molecule has 40 heavy (non-hydrogen) atoms. The van der Waals surface area contributed by atoms with Gasteiger partial charge in [0, 0.05) is 0 Å². The third-order valence-electron chi connectivity index (χ3n) is 7.80. The zero-order chi connectivity index (χ0) is 28.7. The Bertz CT molecular complexity index is 578. The Labute approximate surface area is 271 Å². The summed E-state index contributed by atoms with van der Waals surface area (Å²) in [7, 11) is -3.77. The van der Waals surface area contributed by atoms with Crippen molar-refractivity contribution in [1.82, 2.24) is 0 Å². The van der Waals surface area contributed by atoms with Gasteiger partial charge in [-0.1, -0.05) is 167 Å². The minimum absolute atomic E-state index is 0. The van der Waals surface area contributed by atoms with E-state index in [0.717, 1.165) is 51.4 Å². The van der Waals surface area contributed by atoms with Crippen LogP contribution >= 0.6 is 0 Å². The van der Waals surface area contributed by atoms with Crippen LogP contribution in [0, 0.1) is 0 Å². The first kappa shape index (κ1) is 42.9. The number of alkyl halides is 2. The third-order valence-corrected chi connectivity index (χ3v) is 9.09.